The van der Waals surface area contributed by atoms with E-state index in [1.54, 1.807) is 18.4 Å². The molecule has 2 aromatic rings. The number of hydrogen-bond donors (Lipinski definition) is 2. The first kappa shape index (κ1) is 21.5. The lowest BCUT2D eigenvalue weighted by molar-refractivity contribution is 0.0177. The zero-order valence-electron chi connectivity index (χ0n) is 17.4. The topological polar surface area (TPSA) is 71.0 Å². The molecule has 0 radical (unpaired) electrons. The van der Waals surface area contributed by atoms with Crippen molar-refractivity contribution in [1.29, 1.82) is 0 Å². The number of ether oxygens (including phenoxy) is 2. The van der Waals surface area contributed by atoms with Crippen LogP contribution < -0.4 is 15.4 Å². The number of nitrogens with zero attached hydrogens (tertiary/aromatic N) is 3. The molecule has 0 spiro atoms. The van der Waals surface area contributed by atoms with Crippen molar-refractivity contribution < 1.29 is 9.47 Å². The molecule has 0 bridgehead atoms. The molecule has 1 fully saturated rings. The quantitative estimate of drug-likeness (QED) is 0.508. The number of aromatic nitrogens is 1. The molecule has 2 aromatic heterocycles. The van der Waals surface area contributed by atoms with Gasteiger partial charge in [-0.3, -0.25) is 9.89 Å². The highest BCUT2D eigenvalue weighted by Crippen LogP contribution is 2.25. The summed E-state index contributed by atoms with van der Waals surface area (Å²) in [4.78, 5) is 12.6. The van der Waals surface area contributed by atoms with Gasteiger partial charge in [0.15, 0.2) is 5.96 Å². The lowest BCUT2D eigenvalue weighted by atomic mass is 10.2. The van der Waals surface area contributed by atoms with Crippen molar-refractivity contribution in [3.05, 3.63) is 46.3 Å². The fourth-order valence-electron chi connectivity index (χ4n) is 3.21. The van der Waals surface area contributed by atoms with E-state index in [-0.39, 0.29) is 6.10 Å². The molecular formula is C21H31N5O2S. The number of rotatable bonds is 8. The van der Waals surface area contributed by atoms with E-state index >= 15 is 0 Å². The second-order valence-corrected chi connectivity index (χ2v) is 8.14. The third-order valence-electron chi connectivity index (χ3n) is 4.66. The molecule has 1 aliphatic rings. The number of hydrogen-bond acceptors (Lipinski definition) is 6. The molecule has 7 nitrogen and oxygen atoms in total. The zero-order chi connectivity index (χ0) is 20.5. The van der Waals surface area contributed by atoms with Crippen molar-refractivity contribution in [3.63, 3.8) is 0 Å². The van der Waals surface area contributed by atoms with Gasteiger partial charge in [-0.05, 0) is 30.9 Å². The van der Waals surface area contributed by atoms with Crippen LogP contribution in [0, 0.1) is 0 Å². The van der Waals surface area contributed by atoms with Crippen molar-refractivity contribution in [2.24, 2.45) is 4.99 Å². The SMILES string of the molecule is CN=C(NCc1ccc(OC(C)C)nc1)NCC(c1cccs1)N1CCOCC1. The van der Waals surface area contributed by atoms with E-state index < -0.39 is 0 Å². The van der Waals surface area contributed by atoms with Crippen molar-refractivity contribution in [3.8, 4) is 5.88 Å². The Balaban J connectivity index is 1.53. The minimum atomic E-state index is 0.122. The van der Waals surface area contributed by atoms with Crippen LogP contribution in [0.5, 0.6) is 5.88 Å². The second-order valence-electron chi connectivity index (χ2n) is 7.16. The zero-order valence-corrected chi connectivity index (χ0v) is 18.2. The van der Waals surface area contributed by atoms with E-state index in [1.807, 2.05) is 32.2 Å². The smallest absolute Gasteiger partial charge is 0.213 e. The molecular weight excluding hydrogens is 386 g/mol. The summed E-state index contributed by atoms with van der Waals surface area (Å²) in [5.41, 5.74) is 1.08. The van der Waals surface area contributed by atoms with Gasteiger partial charge in [0.05, 0.1) is 25.4 Å². The summed E-state index contributed by atoms with van der Waals surface area (Å²) in [7, 11) is 1.79. The first-order chi connectivity index (χ1) is 14.2. The van der Waals surface area contributed by atoms with E-state index in [2.05, 4.69) is 43.0 Å². The maximum Gasteiger partial charge on any atom is 0.213 e. The van der Waals surface area contributed by atoms with Crippen molar-refractivity contribution in [2.45, 2.75) is 32.5 Å². The lowest BCUT2D eigenvalue weighted by Crippen LogP contribution is -2.46. The molecule has 0 aromatic carbocycles. The van der Waals surface area contributed by atoms with Crippen molar-refractivity contribution in [2.75, 3.05) is 39.9 Å². The van der Waals surface area contributed by atoms with E-state index in [4.69, 9.17) is 9.47 Å². The van der Waals surface area contributed by atoms with Gasteiger partial charge in [-0.2, -0.15) is 0 Å². The number of guanidine groups is 1. The Hall–Kier alpha value is -2.16. The molecule has 158 valence electrons. The standard InChI is InChI=1S/C21H31N5O2S/c1-16(2)28-20-7-6-17(13-23-20)14-24-21(22-3)25-15-18(19-5-4-12-29-19)26-8-10-27-11-9-26/h4-7,12-13,16,18H,8-11,14-15H2,1-3H3,(H2,22,24,25). The van der Waals surface area contributed by atoms with Crippen LogP contribution in [0.4, 0.5) is 0 Å². The highest BCUT2D eigenvalue weighted by molar-refractivity contribution is 7.10. The number of morpholine rings is 1. The lowest BCUT2D eigenvalue weighted by Gasteiger charge is -2.34. The van der Waals surface area contributed by atoms with Crippen LogP contribution in [0.2, 0.25) is 0 Å². The second kappa shape index (κ2) is 11.1. The van der Waals surface area contributed by atoms with Crippen LogP contribution >= 0.6 is 11.3 Å². The van der Waals surface area contributed by atoms with Crippen molar-refractivity contribution in [1.82, 2.24) is 20.5 Å². The predicted octanol–water partition coefficient (Wildman–Crippen LogP) is 2.67. The van der Waals surface area contributed by atoms with Crippen LogP contribution in [0.15, 0.2) is 40.8 Å². The Bertz CT molecular complexity index is 743. The van der Waals surface area contributed by atoms with Gasteiger partial charge in [0, 0.05) is 50.4 Å². The third-order valence-corrected chi connectivity index (χ3v) is 5.63. The fourth-order valence-corrected chi connectivity index (χ4v) is 4.07. The molecule has 2 N–H and O–H groups in total. The van der Waals surface area contributed by atoms with Gasteiger partial charge in [0.2, 0.25) is 5.88 Å². The average Bonchev–Trinajstić information content (AvgIpc) is 3.26. The Morgan fingerprint density at radius 2 is 2.10 bits per heavy atom. The van der Waals surface area contributed by atoms with Crippen LogP contribution in [-0.2, 0) is 11.3 Å². The van der Waals surface area contributed by atoms with E-state index in [9.17, 15) is 0 Å². The molecule has 3 rings (SSSR count). The summed E-state index contributed by atoms with van der Waals surface area (Å²) >= 11 is 1.80. The van der Waals surface area contributed by atoms with Crippen molar-refractivity contribution >= 4 is 17.3 Å². The summed E-state index contributed by atoms with van der Waals surface area (Å²) in [6.07, 6.45) is 1.96. The maximum absolute atomic E-state index is 5.59. The van der Waals surface area contributed by atoms with Gasteiger partial charge in [-0.15, -0.1) is 11.3 Å². The largest absolute Gasteiger partial charge is 0.475 e. The summed E-state index contributed by atoms with van der Waals surface area (Å²) in [5.74, 6) is 1.43. The maximum atomic E-state index is 5.59. The highest BCUT2D eigenvalue weighted by atomic mass is 32.1. The molecule has 1 saturated heterocycles. The first-order valence-electron chi connectivity index (χ1n) is 10.1. The number of aliphatic imine (C=N–C) groups is 1. The molecule has 1 unspecified atom stereocenters. The minimum absolute atomic E-state index is 0.122. The average molecular weight is 418 g/mol. The van der Waals surface area contributed by atoms with Crippen LogP contribution in [0.25, 0.3) is 0 Å². The summed E-state index contributed by atoms with van der Waals surface area (Å²) in [6, 6.07) is 8.55. The predicted molar refractivity (Wildman–Crippen MR) is 118 cm³/mol. The summed E-state index contributed by atoms with van der Waals surface area (Å²) in [5, 5.41) is 8.98. The Labute approximate surface area is 177 Å². The molecule has 0 aliphatic carbocycles. The van der Waals surface area contributed by atoms with Gasteiger partial charge in [-0.25, -0.2) is 4.98 Å². The molecule has 29 heavy (non-hydrogen) atoms. The Kier molecular flexibility index (Phi) is 8.27. The molecule has 1 atom stereocenters. The van der Waals surface area contributed by atoms with E-state index in [1.165, 1.54) is 4.88 Å². The number of nitrogens with one attached hydrogen (secondary N) is 2. The van der Waals surface area contributed by atoms with Crippen LogP contribution in [0.1, 0.15) is 30.3 Å². The molecule has 3 heterocycles. The molecule has 0 amide bonds. The number of thiophene rings is 1. The van der Waals surface area contributed by atoms with Gasteiger partial charge in [-0.1, -0.05) is 12.1 Å². The summed E-state index contributed by atoms with van der Waals surface area (Å²) < 4.78 is 11.1. The third kappa shape index (κ3) is 6.69. The number of pyridine rings is 1. The minimum Gasteiger partial charge on any atom is -0.475 e. The van der Waals surface area contributed by atoms with Gasteiger partial charge in [0.1, 0.15) is 0 Å². The molecule has 1 aliphatic heterocycles. The Morgan fingerprint density at radius 3 is 2.72 bits per heavy atom. The van der Waals surface area contributed by atoms with E-state index in [0.29, 0.717) is 18.5 Å². The van der Waals surface area contributed by atoms with E-state index in [0.717, 1.165) is 44.4 Å². The Morgan fingerprint density at radius 1 is 1.28 bits per heavy atom. The van der Waals surface area contributed by atoms with Gasteiger partial charge in [0.25, 0.3) is 0 Å². The van der Waals surface area contributed by atoms with Gasteiger partial charge >= 0.3 is 0 Å². The highest BCUT2D eigenvalue weighted by Gasteiger charge is 2.23. The molecule has 8 heteroatoms. The van der Waals surface area contributed by atoms with Crippen LogP contribution in [-0.4, -0.2) is 61.8 Å². The first-order valence-corrected chi connectivity index (χ1v) is 10.9. The van der Waals surface area contributed by atoms with Crippen LogP contribution in [0.3, 0.4) is 0 Å². The fraction of sp³-hybridized carbons (Fsp3) is 0.524. The summed E-state index contributed by atoms with van der Waals surface area (Å²) in [6.45, 7) is 8.91. The normalized spacial score (nSPS) is 16.6. The van der Waals surface area contributed by atoms with Gasteiger partial charge < -0.3 is 20.1 Å². The monoisotopic (exact) mass is 417 g/mol. The molecule has 0 saturated carbocycles.